The summed E-state index contributed by atoms with van der Waals surface area (Å²) >= 11 is 0. The van der Waals surface area contributed by atoms with Gasteiger partial charge in [0.05, 0.1) is 35.7 Å². The monoisotopic (exact) mass is 603 g/mol. The average molecular weight is 604 g/mol. The number of nitrogens with zero attached hydrogens (tertiary/aromatic N) is 3. The van der Waals surface area contributed by atoms with Gasteiger partial charge in [0.15, 0.2) is 0 Å². The van der Waals surface area contributed by atoms with E-state index < -0.39 is 21.8 Å². The summed E-state index contributed by atoms with van der Waals surface area (Å²) in [6, 6.07) is 17.8. The second-order valence-electron chi connectivity index (χ2n) is 10.9. The Balaban J connectivity index is 1.18. The van der Waals surface area contributed by atoms with Crippen molar-refractivity contribution in [2.45, 2.75) is 38.2 Å². The number of hydrogen-bond donors (Lipinski definition) is 0. The first kappa shape index (κ1) is 30.1. The highest BCUT2D eigenvalue weighted by Crippen LogP contribution is 2.33. The topological polar surface area (TPSA) is 119 Å². The zero-order valence-electron chi connectivity index (χ0n) is 24.4. The minimum absolute atomic E-state index is 0.0966. The van der Waals surface area contributed by atoms with Crippen LogP contribution in [0.3, 0.4) is 0 Å². The van der Waals surface area contributed by atoms with Crippen LogP contribution in [-0.4, -0.2) is 61.1 Å². The summed E-state index contributed by atoms with van der Waals surface area (Å²) in [5.41, 5.74) is 3.46. The fourth-order valence-corrected chi connectivity index (χ4v) is 5.36. The number of carbonyl (C=O) groups is 1. The lowest BCUT2D eigenvalue weighted by Crippen LogP contribution is -2.27. The number of rotatable bonds is 10. The Labute approximate surface area is 250 Å². The molecular weight excluding hydrogens is 570 g/mol. The highest BCUT2D eigenvalue weighted by atomic mass is 32.2. The van der Waals surface area contributed by atoms with Crippen molar-refractivity contribution < 1.29 is 31.6 Å². The molecule has 0 aliphatic carbocycles. The Morgan fingerprint density at radius 2 is 1.58 bits per heavy atom. The molecule has 0 amide bonds. The number of carbonyl (C=O) groups excluding carboxylic acids is 1. The molecule has 3 heterocycles. The lowest BCUT2D eigenvalue weighted by molar-refractivity contribution is 0.0551. The molecule has 0 saturated heterocycles. The lowest BCUT2D eigenvalue weighted by atomic mass is 10.1. The van der Waals surface area contributed by atoms with Gasteiger partial charge in [0.1, 0.15) is 12.2 Å². The van der Waals surface area contributed by atoms with Crippen molar-refractivity contribution in [3.05, 3.63) is 84.8 Å². The number of ether oxygens (including phenoxy) is 3. The van der Waals surface area contributed by atoms with Crippen LogP contribution in [0.5, 0.6) is 5.88 Å². The number of hydrogen-bond acceptors (Lipinski definition) is 9. The van der Waals surface area contributed by atoms with E-state index in [4.69, 9.17) is 18.4 Å². The van der Waals surface area contributed by atoms with E-state index in [1.165, 1.54) is 12.1 Å². The first-order valence-electron chi connectivity index (χ1n) is 13.8. The third-order valence-electron chi connectivity index (χ3n) is 6.47. The Kier molecular flexibility index (Phi) is 8.77. The van der Waals surface area contributed by atoms with E-state index in [-0.39, 0.29) is 31.3 Å². The van der Waals surface area contributed by atoms with Crippen LogP contribution in [0.25, 0.3) is 32.9 Å². The summed E-state index contributed by atoms with van der Waals surface area (Å²) in [5, 5.41) is 1.75. The number of fused-ring (bicyclic) bond motifs is 3. The lowest BCUT2D eigenvalue weighted by Gasteiger charge is -2.20. The number of pyridine rings is 2. The van der Waals surface area contributed by atoms with Gasteiger partial charge in [0.25, 0.3) is 10.1 Å². The van der Waals surface area contributed by atoms with Crippen LogP contribution in [0.2, 0.25) is 0 Å². The molecule has 224 valence electrons. The molecule has 5 rings (SSSR count). The SMILES string of the molecule is Cc1ccc(S(=O)(=O)OCCOCCOc2ccc(-c3ccc4c5cnccc5n(C(=O)OC(C)(C)C)c4c3)cn2)cc1. The summed E-state index contributed by atoms with van der Waals surface area (Å²) in [4.78, 5) is 21.9. The van der Waals surface area contributed by atoms with Crippen molar-refractivity contribution in [1.29, 1.82) is 0 Å². The van der Waals surface area contributed by atoms with Crippen LogP contribution >= 0.6 is 0 Å². The van der Waals surface area contributed by atoms with Crippen molar-refractivity contribution in [3.8, 4) is 17.0 Å². The van der Waals surface area contributed by atoms with Crippen LogP contribution in [0, 0.1) is 6.92 Å². The molecule has 43 heavy (non-hydrogen) atoms. The van der Waals surface area contributed by atoms with Gasteiger partial charge in [-0.05, 0) is 63.6 Å². The van der Waals surface area contributed by atoms with Gasteiger partial charge in [0.2, 0.25) is 5.88 Å². The predicted molar refractivity (Wildman–Crippen MR) is 163 cm³/mol. The number of aromatic nitrogens is 3. The Morgan fingerprint density at radius 3 is 2.30 bits per heavy atom. The molecule has 5 aromatic rings. The van der Waals surface area contributed by atoms with Gasteiger partial charge in [-0.3, -0.25) is 9.17 Å². The smallest absolute Gasteiger partial charge is 0.419 e. The average Bonchev–Trinajstić information content (AvgIpc) is 3.30. The molecule has 0 atom stereocenters. The highest BCUT2D eigenvalue weighted by molar-refractivity contribution is 7.86. The van der Waals surface area contributed by atoms with E-state index >= 15 is 0 Å². The fourth-order valence-electron chi connectivity index (χ4n) is 4.47. The maximum Gasteiger partial charge on any atom is 0.419 e. The standard InChI is InChI=1S/C32H33N3O7S/c1-22-5-9-25(10-6-22)43(37,38)41-18-16-39-15-17-40-30-12-8-24(20-34-30)23-7-11-26-27-21-33-14-13-28(27)35(29(26)19-23)31(36)42-32(2,3)4/h5-14,19-21H,15-18H2,1-4H3. The first-order chi connectivity index (χ1) is 20.5. The van der Waals surface area contributed by atoms with Crippen LogP contribution in [0.15, 0.2) is 84.1 Å². The second-order valence-corrected chi connectivity index (χ2v) is 12.5. The molecular formula is C32H33N3O7S. The summed E-state index contributed by atoms with van der Waals surface area (Å²) in [5.74, 6) is 0.417. The maximum atomic E-state index is 13.2. The largest absolute Gasteiger partial charge is 0.475 e. The zero-order valence-corrected chi connectivity index (χ0v) is 25.3. The fraction of sp³-hybridized carbons (Fsp3) is 0.281. The molecule has 3 aromatic heterocycles. The molecule has 0 bridgehead atoms. The second kappa shape index (κ2) is 12.5. The van der Waals surface area contributed by atoms with Crippen LogP contribution in [0.1, 0.15) is 26.3 Å². The number of aryl methyl sites for hydroxylation is 1. The van der Waals surface area contributed by atoms with Crippen molar-refractivity contribution in [2.75, 3.05) is 26.4 Å². The molecule has 0 saturated carbocycles. The molecule has 0 aliphatic heterocycles. The summed E-state index contributed by atoms with van der Waals surface area (Å²) < 4.78 is 47.8. The predicted octanol–water partition coefficient (Wildman–Crippen LogP) is 6.14. The molecule has 0 fully saturated rings. The Hall–Kier alpha value is -4.32. The maximum absolute atomic E-state index is 13.2. The molecule has 0 spiro atoms. The highest BCUT2D eigenvalue weighted by Gasteiger charge is 2.23. The normalized spacial score (nSPS) is 12.1. The minimum Gasteiger partial charge on any atom is -0.475 e. The quantitative estimate of drug-likeness (QED) is 0.137. The molecule has 0 aliphatic rings. The van der Waals surface area contributed by atoms with E-state index in [0.717, 1.165) is 33.0 Å². The van der Waals surface area contributed by atoms with Gasteiger partial charge >= 0.3 is 6.09 Å². The van der Waals surface area contributed by atoms with E-state index in [1.54, 1.807) is 47.4 Å². The molecule has 0 N–H and O–H groups in total. The minimum atomic E-state index is -3.82. The van der Waals surface area contributed by atoms with Crippen LogP contribution in [0.4, 0.5) is 4.79 Å². The molecule has 0 unspecified atom stereocenters. The summed E-state index contributed by atoms with van der Waals surface area (Å²) in [7, 11) is -3.82. The van der Waals surface area contributed by atoms with E-state index in [2.05, 4.69) is 9.97 Å². The van der Waals surface area contributed by atoms with E-state index in [9.17, 15) is 13.2 Å². The Morgan fingerprint density at radius 1 is 0.837 bits per heavy atom. The van der Waals surface area contributed by atoms with Gasteiger partial charge in [-0.15, -0.1) is 0 Å². The van der Waals surface area contributed by atoms with Crippen molar-refractivity contribution in [1.82, 2.24) is 14.5 Å². The van der Waals surface area contributed by atoms with Gasteiger partial charge in [-0.25, -0.2) is 14.3 Å². The third-order valence-corrected chi connectivity index (χ3v) is 7.79. The van der Waals surface area contributed by atoms with Crippen molar-refractivity contribution >= 4 is 38.0 Å². The van der Waals surface area contributed by atoms with Gasteiger partial charge < -0.3 is 14.2 Å². The molecule has 11 heteroatoms. The van der Waals surface area contributed by atoms with Crippen molar-refractivity contribution in [3.63, 3.8) is 0 Å². The summed E-state index contributed by atoms with van der Waals surface area (Å²) in [6.45, 7) is 7.85. The number of benzene rings is 2. The van der Waals surface area contributed by atoms with Crippen molar-refractivity contribution in [2.24, 2.45) is 0 Å². The van der Waals surface area contributed by atoms with E-state index in [1.807, 2.05) is 52.0 Å². The first-order valence-corrected chi connectivity index (χ1v) is 15.2. The van der Waals surface area contributed by atoms with Crippen LogP contribution < -0.4 is 4.74 Å². The summed E-state index contributed by atoms with van der Waals surface area (Å²) in [6.07, 6.45) is 4.64. The molecule has 0 radical (unpaired) electrons. The van der Waals surface area contributed by atoms with Gasteiger partial charge in [0, 0.05) is 41.0 Å². The van der Waals surface area contributed by atoms with Gasteiger partial charge in [-0.2, -0.15) is 8.42 Å². The molecule has 2 aromatic carbocycles. The molecule has 10 nitrogen and oxygen atoms in total. The Bertz CT molecular complexity index is 1840. The van der Waals surface area contributed by atoms with Crippen LogP contribution in [-0.2, 0) is 23.8 Å². The van der Waals surface area contributed by atoms with E-state index in [0.29, 0.717) is 11.4 Å². The van der Waals surface area contributed by atoms with Gasteiger partial charge in [-0.1, -0.05) is 29.8 Å². The third kappa shape index (κ3) is 7.19. The zero-order chi connectivity index (χ0) is 30.6.